The molecule has 0 bridgehead atoms. The molecule has 0 unspecified atom stereocenters. The molecule has 0 amide bonds. The first-order valence-electron chi connectivity index (χ1n) is 5.34. The van der Waals surface area contributed by atoms with Crippen molar-refractivity contribution in [3.8, 4) is 0 Å². The molecule has 0 fully saturated rings. The first-order chi connectivity index (χ1) is 8.79. The van der Waals surface area contributed by atoms with Gasteiger partial charge in [-0.05, 0) is 59.1 Å². The third kappa shape index (κ3) is 3.31. The summed E-state index contributed by atoms with van der Waals surface area (Å²) in [5.41, 5.74) is 2.25. The molecule has 19 heavy (non-hydrogen) atoms. The number of benzene rings is 1. The highest BCUT2D eigenvalue weighted by Crippen LogP contribution is 2.32. The van der Waals surface area contributed by atoms with Crippen LogP contribution in [0.2, 0.25) is 4.34 Å². The van der Waals surface area contributed by atoms with Crippen LogP contribution in [0.5, 0.6) is 0 Å². The predicted molar refractivity (Wildman–Crippen MR) is 83.8 cm³/mol. The van der Waals surface area contributed by atoms with Gasteiger partial charge in [0, 0.05) is 4.47 Å². The van der Waals surface area contributed by atoms with E-state index in [4.69, 9.17) is 11.6 Å². The maximum absolute atomic E-state index is 12.3. The minimum atomic E-state index is -3.60. The van der Waals surface area contributed by atoms with E-state index >= 15 is 0 Å². The van der Waals surface area contributed by atoms with Crippen LogP contribution in [0.25, 0.3) is 0 Å². The highest BCUT2D eigenvalue weighted by atomic mass is 79.9. The molecular weight excluding hydrogens is 370 g/mol. The lowest BCUT2D eigenvalue weighted by Crippen LogP contribution is -2.12. The Balaban J connectivity index is 2.39. The zero-order valence-electron chi connectivity index (χ0n) is 10.2. The maximum Gasteiger partial charge on any atom is 0.271 e. The molecule has 1 N–H and O–H groups in total. The summed E-state index contributed by atoms with van der Waals surface area (Å²) in [5, 5.41) is 0. The van der Waals surface area contributed by atoms with Gasteiger partial charge in [-0.3, -0.25) is 4.72 Å². The summed E-state index contributed by atoms with van der Waals surface area (Å²) in [6.45, 7) is 3.68. The van der Waals surface area contributed by atoms with Crippen LogP contribution >= 0.6 is 38.9 Å². The Labute approximate surface area is 129 Å². The lowest BCUT2D eigenvalue weighted by Gasteiger charge is -2.09. The van der Waals surface area contributed by atoms with E-state index in [1.54, 1.807) is 25.1 Å². The summed E-state index contributed by atoms with van der Waals surface area (Å²) in [4.78, 5) is 0. The lowest BCUT2D eigenvalue weighted by molar-refractivity contribution is 0.603. The molecule has 1 heterocycles. The van der Waals surface area contributed by atoms with Crippen LogP contribution in [0.1, 0.15) is 11.1 Å². The van der Waals surface area contributed by atoms with Crippen molar-refractivity contribution in [3.63, 3.8) is 0 Å². The number of hydrogen-bond acceptors (Lipinski definition) is 3. The number of thiophene rings is 1. The van der Waals surface area contributed by atoms with Crippen molar-refractivity contribution in [1.29, 1.82) is 0 Å². The van der Waals surface area contributed by atoms with Crippen molar-refractivity contribution >= 4 is 54.6 Å². The Hall–Kier alpha value is -0.560. The summed E-state index contributed by atoms with van der Waals surface area (Å²) in [6.07, 6.45) is 0. The molecule has 0 spiro atoms. The molecule has 2 aromatic rings. The number of nitrogens with one attached hydrogen (secondary N) is 1. The van der Waals surface area contributed by atoms with Crippen molar-refractivity contribution in [2.75, 3.05) is 4.72 Å². The summed E-state index contributed by atoms with van der Waals surface area (Å²) < 4.78 is 28.5. The predicted octanol–water partition coefficient (Wildman–Crippen LogP) is 4.58. The highest BCUT2D eigenvalue weighted by Gasteiger charge is 2.19. The molecule has 0 saturated heterocycles. The van der Waals surface area contributed by atoms with Gasteiger partial charge in [-0.2, -0.15) is 0 Å². The molecule has 1 aromatic heterocycles. The Bertz CT molecular complexity index is 706. The zero-order chi connectivity index (χ0) is 14.2. The quantitative estimate of drug-likeness (QED) is 0.847. The minimum absolute atomic E-state index is 0.211. The van der Waals surface area contributed by atoms with Crippen LogP contribution in [-0.4, -0.2) is 8.42 Å². The van der Waals surface area contributed by atoms with E-state index in [1.165, 1.54) is 0 Å². The van der Waals surface area contributed by atoms with Gasteiger partial charge >= 0.3 is 0 Å². The zero-order valence-corrected chi connectivity index (χ0v) is 14.2. The van der Waals surface area contributed by atoms with Crippen LogP contribution in [0.4, 0.5) is 5.69 Å². The van der Waals surface area contributed by atoms with E-state index < -0.39 is 10.0 Å². The highest BCUT2D eigenvalue weighted by molar-refractivity contribution is 9.10. The van der Waals surface area contributed by atoms with Crippen LogP contribution in [0.15, 0.2) is 32.9 Å². The SMILES string of the molecule is Cc1ccc(Br)c(NS(=O)(=O)c2cc(C)c(Cl)s2)c1. The normalized spacial score (nSPS) is 11.6. The second kappa shape index (κ2) is 5.44. The van der Waals surface area contributed by atoms with E-state index in [0.717, 1.165) is 22.5 Å². The van der Waals surface area contributed by atoms with Crippen LogP contribution in [0, 0.1) is 13.8 Å². The average Bonchev–Trinajstić information content (AvgIpc) is 2.65. The van der Waals surface area contributed by atoms with Gasteiger partial charge in [0.15, 0.2) is 0 Å². The van der Waals surface area contributed by atoms with E-state index in [1.807, 2.05) is 13.0 Å². The van der Waals surface area contributed by atoms with E-state index in [9.17, 15) is 8.42 Å². The van der Waals surface area contributed by atoms with Crippen LogP contribution in [-0.2, 0) is 10.0 Å². The second-order valence-corrected chi connectivity index (χ2v) is 8.53. The lowest BCUT2D eigenvalue weighted by atomic mass is 10.2. The molecule has 0 aliphatic carbocycles. The van der Waals surface area contributed by atoms with E-state index in [-0.39, 0.29) is 4.21 Å². The molecule has 102 valence electrons. The Morgan fingerprint density at radius 3 is 2.53 bits per heavy atom. The van der Waals surface area contributed by atoms with Gasteiger partial charge in [-0.1, -0.05) is 17.7 Å². The molecule has 3 nitrogen and oxygen atoms in total. The molecule has 0 atom stereocenters. The van der Waals surface area contributed by atoms with Crippen molar-refractivity contribution in [1.82, 2.24) is 0 Å². The molecule has 1 aromatic carbocycles. The summed E-state index contributed by atoms with van der Waals surface area (Å²) in [5.74, 6) is 0. The van der Waals surface area contributed by atoms with Gasteiger partial charge in [0.05, 0.1) is 10.0 Å². The topological polar surface area (TPSA) is 46.2 Å². The smallest absolute Gasteiger partial charge is 0.271 e. The number of halogens is 2. The van der Waals surface area contributed by atoms with Gasteiger partial charge in [-0.25, -0.2) is 8.42 Å². The molecule has 2 rings (SSSR count). The van der Waals surface area contributed by atoms with Gasteiger partial charge in [0.25, 0.3) is 10.0 Å². The van der Waals surface area contributed by atoms with Gasteiger partial charge < -0.3 is 0 Å². The number of aryl methyl sites for hydroxylation is 2. The molecule has 0 aliphatic heterocycles. The molecule has 0 aliphatic rings. The minimum Gasteiger partial charge on any atom is -0.278 e. The Morgan fingerprint density at radius 1 is 1.26 bits per heavy atom. The first kappa shape index (κ1) is 14.8. The average molecular weight is 381 g/mol. The van der Waals surface area contributed by atoms with Gasteiger partial charge in [0.1, 0.15) is 4.21 Å². The van der Waals surface area contributed by atoms with E-state index in [0.29, 0.717) is 14.5 Å². The Morgan fingerprint density at radius 2 is 1.95 bits per heavy atom. The van der Waals surface area contributed by atoms with Crippen LogP contribution < -0.4 is 4.72 Å². The molecule has 0 radical (unpaired) electrons. The molecule has 7 heteroatoms. The number of rotatable bonds is 3. The maximum atomic E-state index is 12.3. The number of sulfonamides is 1. The van der Waals surface area contributed by atoms with Gasteiger partial charge in [-0.15, -0.1) is 11.3 Å². The molecular formula is C12H11BrClNO2S2. The summed E-state index contributed by atoms with van der Waals surface area (Å²) in [7, 11) is -3.60. The summed E-state index contributed by atoms with van der Waals surface area (Å²) in [6, 6.07) is 7.04. The van der Waals surface area contributed by atoms with Crippen molar-refractivity contribution in [3.05, 3.63) is 44.2 Å². The van der Waals surface area contributed by atoms with Crippen molar-refractivity contribution in [2.24, 2.45) is 0 Å². The largest absolute Gasteiger partial charge is 0.278 e. The van der Waals surface area contributed by atoms with Crippen molar-refractivity contribution < 1.29 is 8.42 Å². The fraction of sp³-hybridized carbons (Fsp3) is 0.167. The van der Waals surface area contributed by atoms with E-state index in [2.05, 4.69) is 20.7 Å². The standard InChI is InChI=1S/C12H11BrClNO2S2/c1-7-3-4-9(13)10(5-7)15-19(16,17)11-6-8(2)12(14)18-11/h3-6,15H,1-2H3. The number of hydrogen-bond donors (Lipinski definition) is 1. The summed E-state index contributed by atoms with van der Waals surface area (Å²) >= 11 is 10.3. The third-order valence-corrected chi connectivity index (χ3v) is 6.55. The van der Waals surface area contributed by atoms with Crippen molar-refractivity contribution in [2.45, 2.75) is 18.1 Å². The fourth-order valence-electron chi connectivity index (χ4n) is 1.48. The molecule has 0 saturated carbocycles. The Kier molecular flexibility index (Phi) is 4.25. The van der Waals surface area contributed by atoms with Gasteiger partial charge in [0.2, 0.25) is 0 Å². The first-order valence-corrected chi connectivity index (χ1v) is 8.81. The second-order valence-electron chi connectivity index (χ2n) is 4.11. The fourth-order valence-corrected chi connectivity index (χ4v) is 4.73. The monoisotopic (exact) mass is 379 g/mol. The third-order valence-electron chi connectivity index (χ3n) is 2.47. The van der Waals surface area contributed by atoms with Crippen LogP contribution in [0.3, 0.4) is 0 Å². The number of anilines is 1.